The lowest BCUT2D eigenvalue weighted by Gasteiger charge is -2.05. The molecule has 0 spiro atoms. The lowest BCUT2D eigenvalue weighted by atomic mass is 10.3. The number of benzene rings is 1. The Hall–Kier alpha value is -1.73. The number of nitrogens with one attached hydrogen (secondary N) is 1. The van der Waals surface area contributed by atoms with Crippen molar-refractivity contribution in [2.45, 2.75) is 19.9 Å². The first-order chi connectivity index (χ1) is 10.1. The van der Waals surface area contributed by atoms with Gasteiger partial charge in [-0.2, -0.15) is 0 Å². The van der Waals surface area contributed by atoms with Crippen LogP contribution in [0.4, 0.5) is 4.39 Å². The van der Waals surface area contributed by atoms with Crippen LogP contribution >= 0.6 is 23.6 Å². The molecule has 0 saturated heterocycles. The summed E-state index contributed by atoms with van der Waals surface area (Å²) < 4.78 is 21.2. The minimum absolute atomic E-state index is 0.207. The zero-order chi connectivity index (χ0) is 15.0. The number of H-pyrrole nitrogens is 1. The van der Waals surface area contributed by atoms with Crippen molar-refractivity contribution in [3.63, 3.8) is 0 Å². The van der Waals surface area contributed by atoms with E-state index in [1.807, 2.05) is 10.8 Å². The van der Waals surface area contributed by atoms with Gasteiger partial charge in [-0.1, -0.05) is 6.92 Å². The number of aromatic amines is 1. The molecule has 2 aromatic heterocycles. The molecule has 0 unspecified atom stereocenters. The number of hydrogen-bond donors (Lipinski definition) is 1. The molecule has 0 radical (unpaired) electrons. The third kappa shape index (κ3) is 2.58. The van der Waals surface area contributed by atoms with Crippen molar-refractivity contribution in [3.8, 4) is 5.75 Å². The number of fused-ring (bicyclic) bond motifs is 1. The zero-order valence-electron chi connectivity index (χ0n) is 11.6. The molecular formula is C14H14FN3OS2. The molecule has 0 atom stereocenters. The van der Waals surface area contributed by atoms with Gasteiger partial charge >= 0.3 is 0 Å². The van der Waals surface area contributed by atoms with Gasteiger partial charge in [-0.3, -0.25) is 0 Å². The molecule has 2 heterocycles. The molecular weight excluding hydrogens is 309 g/mol. The summed E-state index contributed by atoms with van der Waals surface area (Å²) in [7, 11) is 1.45. The summed E-state index contributed by atoms with van der Waals surface area (Å²) in [6.07, 6.45) is 2.86. The molecule has 0 fully saturated rings. The summed E-state index contributed by atoms with van der Waals surface area (Å²) >= 11 is 7.00. The van der Waals surface area contributed by atoms with Gasteiger partial charge in [0, 0.05) is 23.2 Å². The Bertz CT molecular complexity index is 850. The summed E-state index contributed by atoms with van der Waals surface area (Å²) in [4.78, 5) is 8.66. The predicted molar refractivity (Wildman–Crippen MR) is 84.2 cm³/mol. The van der Waals surface area contributed by atoms with E-state index in [0.717, 1.165) is 16.9 Å². The maximum Gasteiger partial charge on any atom is 0.178 e. The SMILES string of the molecule is CCc1cnc(Cn2c(=S)[nH]c3cc(F)c(OC)cc32)s1. The largest absolute Gasteiger partial charge is 0.494 e. The number of ether oxygens (including phenoxy) is 1. The van der Waals surface area contributed by atoms with E-state index in [4.69, 9.17) is 17.0 Å². The number of halogens is 1. The van der Waals surface area contributed by atoms with Gasteiger partial charge in [0.05, 0.1) is 24.7 Å². The van der Waals surface area contributed by atoms with E-state index in [-0.39, 0.29) is 5.75 Å². The molecule has 0 bridgehead atoms. The van der Waals surface area contributed by atoms with Gasteiger partial charge in [-0.05, 0) is 18.6 Å². The lowest BCUT2D eigenvalue weighted by Crippen LogP contribution is -1.99. The fraction of sp³-hybridized carbons (Fsp3) is 0.286. The monoisotopic (exact) mass is 323 g/mol. The minimum Gasteiger partial charge on any atom is -0.494 e. The average Bonchev–Trinajstić information content (AvgIpc) is 3.04. The van der Waals surface area contributed by atoms with Crippen molar-refractivity contribution in [3.05, 3.63) is 38.8 Å². The van der Waals surface area contributed by atoms with Crippen LogP contribution < -0.4 is 4.74 Å². The van der Waals surface area contributed by atoms with Gasteiger partial charge in [0.2, 0.25) is 0 Å². The Labute approximate surface area is 130 Å². The third-order valence-corrected chi connectivity index (χ3v) is 4.74. The smallest absolute Gasteiger partial charge is 0.178 e. The number of aromatic nitrogens is 3. The Morgan fingerprint density at radius 1 is 1.48 bits per heavy atom. The van der Waals surface area contributed by atoms with Gasteiger partial charge in [0.1, 0.15) is 5.01 Å². The van der Waals surface area contributed by atoms with E-state index in [1.165, 1.54) is 18.1 Å². The number of imidazole rings is 1. The van der Waals surface area contributed by atoms with E-state index >= 15 is 0 Å². The fourth-order valence-corrected chi connectivity index (χ4v) is 3.32. The van der Waals surface area contributed by atoms with Gasteiger partial charge in [-0.15, -0.1) is 11.3 Å². The van der Waals surface area contributed by atoms with E-state index in [1.54, 1.807) is 17.4 Å². The first-order valence-electron chi connectivity index (χ1n) is 6.52. The predicted octanol–water partition coefficient (Wildman–Crippen LogP) is 3.91. The highest BCUT2D eigenvalue weighted by Crippen LogP contribution is 2.25. The second kappa shape index (κ2) is 5.57. The van der Waals surface area contributed by atoms with Crippen molar-refractivity contribution in [2.75, 3.05) is 7.11 Å². The lowest BCUT2D eigenvalue weighted by molar-refractivity contribution is 0.387. The third-order valence-electron chi connectivity index (χ3n) is 3.29. The summed E-state index contributed by atoms with van der Waals surface area (Å²) in [6.45, 7) is 2.67. The van der Waals surface area contributed by atoms with E-state index < -0.39 is 5.82 Å². The zero-order valence-corrected chi connectivity index (χ0v) is 13.3. The Balaban J connectivity index is 2.08. The first-order valence-corrected chi connectivity index (χ1v) is 7.74. The van der Waals surface area contributed by atoms with Crippen LogP contribution in [0.1, 0.15) is 16.8 Å². The standard InChI is InChI=1S/C14H14FN3OS2/c1-3-8-6-16-13(21-8)7-18-11-5-12(19-2)9(15)4-10(11)17-14(18)20/h4-6H,3,7H2,1-2H3,(H,17,20). The van der Waals surface area contributed by atoms with Crippen LogP contribution in [0.5, 0.6) is 5.75 Å². The van der Waals surface area contributed by atoms with Crippen molar-refractivity contribution in [2.24, 2.45) is 0 Å². The molecule has 110 valence electrons. The van der Waals surface area contributed by atoms with Crippen LogP contribution in [0.15, 0.2) is 18.3 Å². The van der Waals surface area contributed by atoms with Crippen LogP contribution in [0, 0.1) is 10.6 Å². The molecule has 7 heteroatoms. The van der Waals surface area contributed by atoms with E-state index in [9.17, 15) is 4.39 Å². The van der Waals surface area contributed by atoms with Crippen LogP contribution in [-0.2, 0) is 13.0 Å². The molecule has 0 aliphatic rings. The molecule has 21 heavy (non-hydrogen) atoms. The first kappa shape index (κ1) is 14.2. The summed E-state index contributed by atoms with van der Waals surface area (Å²) in [6, 6.07) is 3.06. The quantitative estimate of drug-likeness (QED) is 0.740. The normalized spacial score (nSPS) is 11.2. The Morgan fingerprint density at radius 3 is 2.95 bits per heavy atom. The van der Waals surface area contributed by atoms with Crippen molar-refractivity contribution in [1.82, 2.24) is 14.5 Å². The Morgan fingerprint density at radius 2 is 2.29 bits per heavy atom. The molecule has 0 aliphatic heterocycles. The maximum atomic E-state index is 13.7. The number of thiazole rings is 1. The van der Waals surface area contributed by atoms with Gasteiger partial charge < -0.3 is 14.3 Å². The second-order valence-corrected chi connectivity index (χ2v) is 6.18. The maximum absolute atomic E-state index is 13.7. The average molecular weight is 323 g/mol. The molecule has 0 saturated carbocycles. The molecule has 4 nitrogen and oxygen atoms in total. The van der Waals surface area contributed by atoms with Crippen LogP contribution in [0.3, 0.4) is 0 Å². The van der Waals surface area contributed by atoms with Crippen molar-refractivity contribution >= 4 is 34.6 Å². The highest BCUT2D eigenvalue weighted by molar-refractivity contribution is 7.71. The highest BCUT2D eigenvalue weighted by Gasteiger charge is 2.12. The number of methoxy groups -OCH3 is 1. The van der Waals surface area contributed by atoms with Gasteiger partial charge in [-0.25, -0.2) is 9.37 Å². The molecule has 1 N–H and O–H groups in total. The molecule has 0 amide bonds. The second-order valence-electron chi connectivity index (χ2n) is 4.59. The van der Waals surface area contributed by atoms with Crippen molar-refractivity contribution < 1.29 is 9.13 Å². The molecule has 1 aromatic carbocycles. The summed E-state index contributed by atoms with van der Waals surface area (Å²) in [5.74, 6) is -0.199. The van der Waals surface area contributed by atoms with Crippen LogP contribution in [0.2, 0.25) is 0 Å². The number of nitrogens with zero attached hydrogens (tertiary/aromatic N) is 2. The minimum atomic E-state index is -0.407. The Kier molecular flexibility index (Phi) is 3.77. The van der Waals surface area contributed by atoms with Gasteiger partial charge in [0.15, 0.2) is 16.3 Å². The molecule has 3 rings (SSSR count). The summed E-state index contributed by atoms with van der Waals surface area (Å²) in [5.41, 5.74) is 1.47. The highest BCUT2D eigenvalue weighted by atomic mass is 32.1. The molecule has 3 aromatic rings. The van der Waals surface area contributed by atoms with E-state index in [0.29, 0.717) is 16.8 Å². The van der Waals surface area contributed by atoms with E-state index in [2.05, 4.69) is 16.9 Å². The molecule has 0 aliphatic carbocycles. The van der Waals surface area contributed by atoms with Gasteiger partial charge in [0.25, 0.3) is 0 Å². The number of rotatable bonds is 4. The van der Waals surface area contributed by atoms with Crippen molar-refractivity contribution in [1.29, 1.82) is 0 Å². The number of hydrogen-bond acceptors (Lipinski definition) is 4. The summed E-state index contributed by atoms with van der Waals surface area (Å²) in [5, 5.41) is 0.979. The van der Waals surface area contributed by atoms with Crippen LogP contribution in [0.25, 0.3) is 11.0 Å². The van der Waals surface area contributed by atoms with Crippen LogP contribution in [-0.4, -0.2) is 21.6 Å². The number of aryl methyl sites for hydroxylation is 1. The fourth-order valence-electron chi connectivity index (χ4n) is 2.19. The topological polar surface area (TPSA) is 42.8 Å².